The highest BCUT2D eigenvalue weighted by atomic mass is 35.5. The zero-order chi connectivity index (χ0) is 8.39. The Morgan fingerprint density at radius 1 is 1.23 bits per heavy atom. The van der Waals surface area contributed by atoms with Crippen molar-refractivity contribution in [3.05, 3.63) is 36.5 Å². The number of nitrogens with zero attached hydrogens (tertiary/aromatic N) is 1. The maximum Gasteiger partial charge on any atom is 0.0722 e. The van der Waals surface area contributed by atoms with Gasteiger partial charge in [-0.3, -0.25) is 10.8 Å². The lowest BCUT2D eigenvalue weighted by Crippen LogP contribution is -2.06. The Morgan fingerprint density at radius 2 is 2.08 bits per heavy atom. The summed E-state index contributed by atoms with van der Waals surface area (Å²) in [5, 5.41) is 1.12. The van der Waals surface area contributed by atoms with Gasteiger partial charge in [0.25, 0.3) is 0 Å². The van der Waals surface area contributed by atoms with Gasteiger partial charge in [-0.1, -0.05) is 12.1 Å². The lowest BCUT2D eigenvalue weighted by Gasteiger charge is -2.00. The van der Waals surface area contributed by atoms with Gasteiger partial charge in [0, 0.05) is 11.6 Å². The molecule has 1 aromatic heterocycles. The Kier molecular flexibility index (Phi) is 3.06. The maximum atomic E-state index is 5.26. The van der Waals surface area contributed by atoms with Crippen molar-refractivity contribution in [2.45, 2.75) is 0 Å². The lowest BCUT2D eigenvalue weighted by molar-refractivity contribution is 1.34. The monoisotopic (exact) mass is 195 g/mol. The van der Waals surface area contributed by atoms with Crippen molar-refractivity contribution in [1.82, 2.24) is 4.98 Å². The number of hydrogen-bond donors (Lipinski definition) is 2. The number of anilines is 1. The first-order chi connectivity index (χ1) is 5.90. The van der Waals surface area contributed by atoms with Crippen molar-refractivity contribution in [1.29, 1.82) is 0 Å². The van der Waals surface area contributed by atoms with Gasteiger partial charge >= 0.3 is 0 Å². The molecule has 3 nitrogen and oxygen atoms in total. The number of nitrogens with one attached hydrogen (secondary N) is 1. The van der Waals surface area contributed by atoms with E-state index >= 15 is 0 Å². The van der Waals surface area contributed by atoms with Crippen LogP contribution in [0.1, 0.15) is 0 Å². The zero-order valence-electron chi connectivity index (χ0n) is 6.90. The highest BCUT2D eigenvalue weighted by Crippen LogP contribution is 2.15. The van der Waals surface area contributed by atoms with Gasteiger partial charge in [-0.15, -0.1) is 12.4 Å². The Morgan fingerprint density at radius 3 is 2.85 bits per heavy atom. The van der Waals surface area contributed by atoms with Crippen LogP contribution in [0, 0.1) is 0 Å². The van der Waals surface area contributed by atoms with Crippen molar-refractivity contribution >= 4 is 29.0 Å². The zero-order valence-corrected chi connectivity index (χ0v) is 7.71. The molecule has 2 aromatic rings. The second-order valence-corrected chi connectivity index (χ2v) is 2.56. The molecule has 0 bridgehead atoms. The Hall–Kier alpha value is -1.32. The minimum absolute atomic E-state index is 0. The molecular weight excluding hydrogens is 186 g/mol. The largest absolute Gasteiger partial charge is 0.324 e. The third-order valence-electron chi connectivity index (χ3n) is 1.77. The van der Waals surface area contributed by atoms with E-state index in [0.717, 1.165) is 16.6 Å². The first-order valence-electron chi connectivity index (χ1n) is 3.71. The van der Waals surface area contributed by atoms with E-state index in [1.54, 1.807) is 6.20 Å². The fourth-order valence-corrected chi connectivity index (χ4v) is 1.16. The first kappa shape index (κ1) is 9.77. The van der Waals surface area contributed by atoms with Gasteiger partial charge in [-0.25, -0.2) is 0 Å². The van der Waals surface area contributed by atoms with E-state index in [2.05, 4.69) is 10.4 Å². The Balaban J connectivity index is 0.000000845. The first-order valence-corrected chi connectivity index (χ1v) is 3.71. The van der Waals surface area contributed by atoms with E-state index in [4.69, 9.17) is 5.84 Å². The Bertz CT molecular complexity index is 403. The van der Waals surface area contributed by atoms with E-state index in [1.165, 1.54) is 0 Å². The summed E-state index contributed by atoms with van der Waals surface area (Å²) in [7, 11) is 0. The number of benzene rings is 1. The summed E-state index contributed by atoms with van der Waals surface area (Å²) < 4.78 is 0. The van der Waals surface area contributed by atoms with Gasteiger partial charge in [0.1, 0.15) is 0 Å². The fourth-order valence-electron chi connectivity index (χ4n) is 1.16. The third-order valence-corrected chi connectivity index (χ3v) is 1.77. The van der Waals surface area contributed by atoms with Crippen molar-refractivity contribution < 1.29 is 0 Å². The molecule has 1 aromatic carbocycles. The van der Waals surface area contributed by atoms with Crippen molar-refractivity contribution in [2.75, 3.05) is 5.43 Å². The molecule has 0 aliphatic heterocycles. The molecule has 68 valence electrons. The number of halogens is 1. The second-order valence-electron chi connectivity index (χ2n) is 2.56. The SMILES string of the molecule is Cl.NNc1ccc2cccnc2c1. The van der Waals surface area contributed by atoms with Crippen LogP contribution in [0.3, 0.4) is 0 Å². The minimum atomic E-state index is 0. The standard InChI is InChI=1S/C9H9N3.ClH/c10-12-8-4-3-7-2-1-5-11-9(7)6-8;/h1-6,12H,10H2;1H. The number of fused-ring (bicyclic) bond motifs is 1. The average Bonchev–Trinajstić information content (AvgIpc) is 2.17. The summed E-state index contributed by atoms with van der Waals surface area (Å²) in [4.78, 5) is 4.19. The summed E-state index contributed by atoms with van der Waals surface area (Å²) in [6.07, 6.45) is 1.77. The molecule has 13 heavy (non-hydrogen) atoms. The molecule has 0 fully saturated rings. The van der Waals surface area contributed by atoms with Crippen molar-refractivity contribution in [3.8, 4) is 0 Å². The smallest absolute Gasteiger partial charge is 0.0722 e. The summed E-state index contributed by atoms with van der Waals surface area (Å²) in [6, 6.07) is 9.75. The molecule has 0 saturated heterocycles. The molecule has 0 unspecified atom stereocenters. The molecule has 2 rings (SSSR count). The van der Waals surface area contributed by atoms with E-state index < -0.39 is 0 Å². The second kappa shape index (κ2) is 4.07. The van der Waals surface area contributed by atoms with Gasteiger partial charge in [0.05, 0.1) is 11.2 Å². The van der Waals surface area contributed by atoms with Crippen LogP contribution in [0.15, 0.2) is 36.5 Å². The van der Waals surface area contributed by atoms with E-state index in [-0.39, 0.29) is 12.4 Å². The normalized spacial score (nSPS) is 9.31. The Labute approximate surface area is 82.3 Å². The molecule has 0 radical (unpaired) electrons. The van der Waals surface area contributed by atoms with E-state index in [9.17, 15) is 0 Å². The van der Waals surface area contributed by atoms with Crippen molar-refractivity contribution in [3.63, 3.8) is 0 Å². The van der Waals surface area contributed by atoms with Crippen LogP contribution in [0.2, 0.25) is 0 Å². The third kappa shape index (κ3) is 1.88. The number of hydrogen-bond acceptors (Lipinski definition) is 3. The van der Waals surface area contributed by atoms with Crippen LogP contribution in [0.4, 0.5) is 5.69 Å². The van der Waals surface area contributed by atoms with Gasteiger partial charge in [-0.05, 0) is 18.2 Å². The number of nitrogen functional groups attached to an aromatic ring is 1. The van der Waals surface area contributed by atoms with Crippen LogP contribution in [-0.2, 0) is 0 Å². The molecule has 1 heterocycles. The van der Waals surface area contributed by atoms with Crippen LogP contribution in [0.25, 0.3) is 10.9 Å². The highest BCUT2D eigenvalue weighted by Gasteiger charge is 1.93. The molecule has 4 heteroatoms. The molecule has 3 N–H and O–H groups in total. The molecular formula is C9H10ClN3. The lowest BCUT2D eigenvalue weighted by atomic mass is 10.2. The van der Waals surface area contributed by atoms with E-state index in [0.29, 0.717) is 0 Å². The fraction of sp³-hybridized carbons (Fsp3) is 0. The summed E-state index contributed by atoms with van der Waals surface area (Å²) in [5.74, 6) is 5.26. The molecule has 0 atom stereocenters. The van der Waals surface area contributed by atoms with Crippen LogP contribution >= 0.6 is 12.4 Å². The number of hydrazine groups is 1. The molecule has 0 amide bonds. The van der Waals surface area contributed by atoms with Gasteiger partial charge in [-0.2, -0.15) is 0 Å². The molecule has 0 aliphatic carbocycles. The van der Waals surface area contributed by atoms with Crippen molar-refractivity contribution in [2.24, 2.45) is 5.84 Å². The summed E-state index contributed by atoms with van der Waals surface area (Å²) in [5.41, 5.74) is 4.41. The van der Waals surface area contributed by atoms with Crippen LogP contribution in [-0.4, -0.2) is 4.98 Å². The minimum Gasteiger partial charge on any atom is -0.324 e. The number of pyridine rings is 1. The summed E-state index contributed by atoms with van der Waals surface area (Å²) in [6.45, 7) is 0. The molecule has 0 spiro atoms. The highest BCUT2D eigenvalue weighted by molar-refractivity contribution is 5.85. The topological polar surface area (TPSA) is 50.9 Å². The summed E-state index contributed by atoms with van der Waals surface area (Å²) >= 11 is 0. The van der Waals surface area contributed by atoms with Gasteiger partial charge in [0.15, 0.2) is 0 Å². The van der Waals surface area contributed by atoms with Crippen LogP contribution < -0.4 is 11.3 Å². The van der Waals surface area contributed by atoms with E-state index in [1.807, 2.05) is 30.3 Å². The molecule has 0 aliphatic rings. The van der Waals surface area contributed by atoms with Crippen LogP contribution in [0.5, 0.6) is 0 Å². The number of nitrogens with two attached hydrogens (primary N) is 1. The number of rotatable bonds is 1. The average molecular weight is 196 g/mol. The molecule has 0 saturated carbocycles. The number of aromatic nitrogens is 1. The van der Waals surface area contributed by atoms with Gasteiger partial charge < -0.3 is 5.43 Å². The van der Waals surface area contributed by atoms with Gasteiger partial charge in [0.2, 0.25) is 0 Å². The predicted octanol–water partition coefficient (Wildman–Crippen LogP) is 1.94. The predicted molar refractivity (Wildman–Crippen MR) is 56.8 cm³/mol. The quantitative estimate of drug-likeness (QED) is 0.540. The maximum absolute atomic E-state index is 5.26.